The zero-order valence-electron chi connectivity index (χ0n) is 16.7. The smallest absolute Gasteiger partial charge is 0.338 e. The predicted octanol–water partition coefficient (Wildman–Crippen LogP) is 4.36. The minimum atomic E-state index is -0.673. The van der Waals surface area contributed by atoms with Gasteiger partial charge in [-0.3, -0.25) is 4.79 Å². The molecular formula is C23H20ClN3O4. The maximum Gasteiger partial charge on any atom is 0.338 e. The highest BCUT2D eigenvalue weighted by Gasteiger charge is 2.35. The van der Waals surface area contributed by atoms with Gasteiger partial charge < -0.3 is 14.9 Å². The number of esters is 1. The molecule has 0 saturated heterocycles. The molecule has 0 bridgehead atoms. The van der Waals surface area contributed by atoms with Gasteiger partial charge in [-0.05, 0) is 42.8 Å². The van der Waals surface area contributed by atoms with Crippen LogP contribution in [0.15, 0.2) is 70.4 Å². The van der Waals surface area contributed by atoms with Gasteiger partial charge in [-0.15, -0.1) is 0 Å². The Morgan fingerprint density at radius 3 is 2.68 bits per heavy atom. The fourth-order valence-corrected chi connectivity index (χ4v) is 3.43. The van der Waals surface area contributed by atoms with Crippen molar-refractivity contribution in [3.05, 3.63) is 88.3 Å². The first kappa shape index (κ1) is 20.7. The first-order valence-corrected chi connectivity index (χ1v) is 10.0. The van der Waals surface area contributed by atoms with Gasteiger partial charge in [0.25, 0.3) is 5.91 Å². The number of ether oxygens (including phenoxy) is 1. The highest BCUT2D eigenvalue weighted by Crippen LogP contribution is 2.33. The average molecular weight is 438 g/mol. The number of hydrogen-bond donors (Lipinski definition) is 1. The summed E-state index contributed by atoms with van der Waals surface area (Å²) < 4.78 is 10.7. The Morgan fingerprint density at radius 2 is 2.00 bits per heavy atom. The summed E-state index contributed by atoms with van der Waals surface area (Å²) in [6, 6.07) is 15.4. The molecule has 3 aromatic rings. The fourth-order valence-electron chi connectivity index (χ4n) is 3.31. The molecule has 0 fully saturated rings. The van der Waals surface area contributed by atoms with Crippen molar-refractivity contribution in [2.45, 2.75) is 19.4 Å². The standard InChI is InChI=1S/C23H20ClN3O4/c1-14-4-6-15(7-5-14)19-12-20(21-3-2-10-30-21)27(26-19)22(28)13-31-23(29)16-8-9-17(24)18(25)11-16/h2-11,20H,12-13,25H2,1H3. The molecule has 1 unspecified atom stereocenters. The number of aryl methyl sites for hydroxylation is 1. The molecule has 158 valence electrons. The summed E-state index contributed by atoms with van der Waals surface area (Å²) in [6.07, 6.45) is 2.04. The minimum Gasteiger partial charge on any atom is -0.467 e. The second-order valence-corrected chi connectivity index (χ2v) is 7.61. The number of furan rings is 1. The van der Waals surface area contributed by atoms with Crippen LogP contribution in [0.1, 0.15) is 39.7 Å². The summed E-state index contributed by atoms with van der Waals surface area (Å²) >= 11 is 5.88. The zero-order valence-corrected chi connectivity index (χ0v) is 17.5. The Bertz CT molecular complexity index is 1140. The number of nitrogen functional groups attached to an aromatic ring is 1. The summed E-state index contributed by atoms with van der Waals surface area (Å²) in [4.78, 5) is 25.2. The van der Waals surface area contributed by atoms with Crippen molar-refractivity contribution in [1.29, 1.82) is 0 Å². The summed E-state index contributed by atoms with van der Waals surface area (Å²) in [5, 5.41) is 6.17. The number of benzene rings is 2. The van der Waals surface area contributed by atoms with Gasteiger partial charge >= 0.3 is 5.97 Å². The number of amides is 1. The van der Waals surface area contributed by atoms with E-state index in [0.29, 0.717) is 17.2 Å². The molecule has 31 heavy (non-hydrogen) atoms. The van der Waals surface area contributed by atoms with Crippen molar-refractivity contribution < 1.29 is 18.7 Å². The van der Waals surface area contributed by atoms with E-state index in [1.54, 1.807) is 18.4 Å². The topological polar surface area (TPSA) is 98.1 Å². The maximum atomic E-state index is 12.9. The zero-order chi connectivity index (χ0) is 22.0. The molecule has 0 aliphatic carbocycles. The molecule has 0 spiro atoms. The molecule has 1 atom stereocenters. The molecule has 0 radical (unpaired) electrons. The van der Waals surface area contributed by atoms with E-state index >= 15 is 0 Å². The van der Waals surface area contributed by atoms with Gasteiger partial charge in [0.15, 0.2) is 6.61 Å². The van der Waals surface area contributed by atoms with E-state index < -0.39 is 24.5 Å². The van der Waals surface area contributed by atoms with Crippen molar-refractivity contribution in [3.63, 3.8) is 0 Å². The van der Waals surface area contributed by atoms with Crippen LogP contribution >= 0.6 is 11.6 Å². The quantitative estimate of drug-likeness (QED) is 0.472. The molecule has 1 aliphatic rings. The summed E-state index contributed by atoms with van der Waals surface area (Å²) in [5.74, 6) is -0.525. The Hall–Kier alpha value is -3.58. The number of rotatable bonds is 5. The number of halogens is 1. The molecule has 1 aliphatic heterocycles. The van der Waals surface area contributed by atoms with E-state index in [9.17, 15) is 9.59 Å². The number of nitrogens with zero attached hydrogens (tertiary/aromatic N) is 2. The van der Waals surface area contributed by atoms with Crippen LogP contribution in [0.25, 0.3) is 0 Å². The van der Waals surface area contributed by atoms with Gasteiger partial charge in [-0.2, -0.15) is 5.10 Å². The first-order valence-electron chi connectivity index (χ1n) is 9.64. The van der Waals surface area contributed by atoms with Crippen molar-refractivity contribution >= 4 is 34.9 Å². The molecule has 2 N–H and O–H groups in total. The maximum absolute atomic E-state index is 12.9. The van der Waals surface area contributed by atoms with Crippen molar-refractivity contribution in [1.82, 2.24) is 5.01 Å². The monoisotopic (exact) mass is 437 g/mol. The van der Waals surface area contributed by atoms with E-state index in [2.05, 4.69) is 5.10 Å². The van der Waals surface area contributed by atoms with Gasteiger partial charge in [0.2, 0.25) is 0 Å². The van der Waals surface area contributed by atoms with Crippen LogP contribution in [0.4, 0.5) is 5.69 Å². The van der Waals surface area contributed by atoms with Crippen LogP contribution in [0, 0.1) is 6.92 Å². The Balaban J connectivity index is 1.51. The summed E-state index contributed by atoms with van der Waals surface area (Å²) in [7, 11) is 0. The lowest BCUT2D eigenvalue weighted by Gasteiger charge is -2.19. The molecule has 0 saturated carbocycles. The third-order valence-corrected chi connectivity index (χ3v) is 5.32. The third-order valence-electron chi connectivity index (χ3n) is 4.98. The minimum absolute atomic E-state index is 0.211. The molecule has 8 heteroatoms. The molecule has 2 heterocycles. The lowest BCUT2D eigenvalue weighted by Crippen LogP contribution is -2.31. The van der Waals surface area contributed by atoms with Crippen LogP contribution in [0.5, 0.6) is 0 Å². The fraction of sp³-hybridized carbons (Fsp3) is 0.174. The van der Waals surface area contributed by atoms with E-state index in [4.69, 9.17) is 26.5 Å². The molecule has 4 rings (SSSR count). The van der Waals surface area contributed by atoms with E-state index in [-0.39, 0.29) is 11.3 Å². The molecule has 2 aromatic carbocycles. The Morgan fingerprint density at radius 1 is 1.23 bits per heavy atom. The van der Waals surface area contributed by atoms with Crippen LogP contribution in [-0.2, 0) is 9.53 Å². The molecule has 7 nitrogen and oxygen atoms in total. The van der Waals surface area contributed by atoms with E-state index in [1.807, 2.05) is 31.2 Å². The highest BCUT2D eigenvalue weighted by atomic mass is 35.5. The third kappa shape index (κ3) is 4.46. The Kier molecular flexibility index (Phi) is 5.77. The van der Waals surface area contributed by atoms with Crippen LogP contribution in [0.3, 0.4) is 0 Å². The number of carbonyl (C=O) groups excluding carboxylic acids is 2. The number of anilines is 1. The van der Waals surface area contributed by atoms with Gasteiger partial charge in [-0.1, -0.05) is 41.4 Å². The number of carbonyl (C=O) groups is 2. The lowest BCUT2D eigenvalue weighted by molar-refractivity contribution is -0.136. The van der Waals surface area contributed by atoms with E-state index in [1.165, 1.54) is 23.2 Å². The molecule has 1 aromatic heterocycles. The van der Waals surface area contributed by atoms with Gasteiger partial charge in [0, 0.05) is 6.42 Å². The van der Waals surface area contributed by atoms with Crippen molar-refractivity contribution in [2.75, 3.05) is 12.3 Å². The number of nitrogens with two attached hydrogens (primary N) is 1. The predicted molar refractivity (Wildman–Crippen MR) is 117 cm³/mol. The normalized spacial score (nSPS) is 15.6. The summed E-state index contributed by atoms with van der Waals surface area (Å²) in [5.41, 5.74) is 9.00. The number of hydrazone groups is 1. The average Bonchev–Trinajstić information content (AvgIpc) is 3.44. The SMILES string of the molecule is Cc1ccc(C2=NN(C(=O)COC(=O)c3ccc(Cl)c(N)c3)C(c3ccco3)C2)cc1. The first-order chi connectivity index (χ1) is 14.9. The van der Waals surface area contributed by atoms with Gasteiger partial charge in [0.1, 0.15) is 11.8 Å². The van der Waals surface area contributed by atoms with E-state index in [0.717, 1.165) is 16.8 Å². The van der Waals surface area contributed by atoms with Crippen molar-refractivity contribution in [2.24, 2.45) is 5.10 Å². The Labute approximate surface area is 184 Å². The number of hydrogen-bond acceptors (Lipinski definition) is 6. The summed E-state index contributed by atoms with van der Waals surface area (Å²) in [6.45, 7) is 1.54. The van der Waals surface area contributed by atoms with Crippen LogP contribution in [0.2, 0.25) is 5.02 Å². The van der Waals surface area contributed by atoms with Crippen molar-refractivity contribution in [3.8, 4) is 0 Å². The van der Waals surface area contributed by atoms with Crippen LogP contribution in [-0.4, -0.2) is 29.2 Å². The molecule has 1 amide bonds. The largest absolute Gasteiger partial charge is 0.467 e. The highest BCUT2D eigenvalue weighted by molar-refractivity contribution is 6.33. The lowest BCUT2D eigenvalue weighted by atomic mass is 10.0. The van der Waals surface area contributed by atoms with Gasteiger partial charge in [0.05, 0.1) is 28.2 Å². The second kappa shape index (κ2) is 8.65. The van der Waals surface area contributed by atoms with Crippen LogP contribution < -0.4 is 5.73 Å². The van der Waals surface area contributed by atoms with Gasteiger partial charge in [-0.25, -0.2) is 9.80 Å². The molecular weight excluding hydrogens is 418 g/mol. The second-order valence-electron chi connectivity index (χ2n) is 7.20.